The maximum absolute atomic E-state index is 13.7. The van der Waals surface area contributed by atoms with Gasteiger partial charge >= 0.3 is 5.97 Å². The molecule has 1 N–H and O–H groups in total. The third-order valence-electron chi connectivity index (χ3n) is 13.1. The summed E-state index contributed by atoms with van der Waals surface area (Å²) in [5.41, 5.74) is -2.09. The van der Waals surface area contributed by atoms with Gasteiger partial charge in [-0.05, 0) is 50.8 Å². The fourth-order valence-electron chi connectivity index (χ4n) is 12.3. The molecule has 1 aromatic carbocycles. The van der Waals surface area contributed by atoms with Crippen LogP contribution in [0.4, 0.5) is 0 Å². The van der Waals surface area contributed by atoms with Crippen molar-refractivity contribution in [3.8, 4) is 0 Å². The summed E-state index contributed by atoms with van der Waals surface area (Å²) in [6.45, 7) is 7.25. The molecule has 1 heterocycles. The number of benzene rings is 1. The van der Waals surface area contributed by atoms with Crippen molar-refractivity contribution in [2.24, 2.45) is 34.5 Å². The SMILES string of the molecule is CCOC12CC(OC)C3(O)CC(C1C3OC(=O)c1ccccc1)C13C(OC)CCC4(COC)CN(CC)C1C2C(OC)C43. The number of carbonyl (C=O) groups is 1. The summed E-state index contributed by atoms with van der Waals surface area (Å²) in [7, 11) is 7.16. The van der Waals surface area contributed by atoms with Gasteiger partial charge in [-0.1, -0.05) is 25.1 Å². The van der Waals surface area contributed by atoms with E-state index in [2.05, 4.69) is 11.8 Å². The lowest BCUT2D eigenvalue weighted by molar-refractivity contribution is -0.293. The van der Waals surface area contributed by atoms with Crippen molar-refractivity contribution in [3.63, 3.8) is 0 Å². The smallest absolute Gasteiger partial charge is 0.338 e. The van der Waals surface area contributed by atoms with Gasteiger partial charge in [-0.25, -0.2) is 4.79 Å². The van der Waals surface area contributed by atoms with E-state index in [4.69, 9.17) is 28.4 Å². The minimum atomic E-state index is -1.36. The molecule has 9 heteroatoms. The molecule has 43 heavy (non-hydrogen) atoms. The molecule has 7 bridgehead atoms. The Bertz CT molecular complexity index is 1220. The van der Waals surface area contributed by atoms with Gasteiger partial charge in [0.1, 0.15) is 11.7 Å². The molecule has 0 amide bonds. The highest BCUT2D eigenvalue weighted by Gasteiger charge is 2.89. The number of likely N-dealkylation sites (tertiary alicyclic amines) is 1. The van der Waals surface area contributed by atoms with E-state index >= 15 is 0 Å². The minimum Gasteiger partial charge on any atom is -0.455 e. The van der Waals surface area contributed by atoms with Gasteiger partial charge in [-0.2, -0.15) is 0 Å². The molecule has 1 aliphatic heterocycles. The lowest BCUT2D eigenvalue weighted by Crippen LogP contribution is -2.77. The molecular weight excluding hydrogens is 550 g/mol. The summed E-state index contributed by atoms with van der Waals surface area (Å²) in [5.74, 6) is -0.602. The number of ether oxygens (including phenoxy) is 6. The Kier molecular flexibility index (Phi) is 7.33. The summed E-state index contributed by atoms with van der Waals surface area (Å²) >= 11 is 0. The third kappa shape index (κ3) is 3.56. The zero-order chi connectivity index (χ0) is 30.4. The van der Waals surface area contributed by atoms with E-state index in [1.165, 1.54) is 0 Å². The minimum absolute atomic E-state index is 0.0311. The average molecular weight is 600 g/mol. The van der Waals surface area contributed by atoms with Gasteiger partial charge in [0, 0.05) is 82.6 Å². The molecule has 1 spiro atoms. The van der Waals surface area contributed by atoms with E-state index in [0.29, 0.717) is 31.6 Å². The van der Waals surface area contributed by atoms with Crippen LogP contribution >= 0.6 is 0 Å². The highest BCUT2D eigenvalue weighted by molar-refractivity contribution is 5.89. The number of nitrogens with zero attached hydrogens (tertiary/aromatic N) is 1. The summed E-state index contributed by atoms with van der Waals surface area (Å²) in [6.07, 6.45) is 1.36. The number of rotatable bonds is 10. The Hall–Kier alpha value is -1.59. The molecule has 13 unspecified atom stereocenters. The first-order valence-electron chi connectivity index (χ1n) is 16.2. The van der Waals surface area contributed by atoms with Gasteiger partial charge in [-0.3, -0.25) is 4.90 Å². The standard InChI is InChI=1S/C34H49NO8/c1-7-35-18-31(19-38-3)15-14-22(39-4)34-21-16-32(37)23(40-5)17-33(42-8-2,25(28(34)35)26(41-6)27(31)34)24(21)29(32)43-30(36)20-12-10-9-11-13-20/h9-13,21-29,37H,7-8,14-19H2,1-6H3. The van der Waals surface area contributed by atoms with Crippen molar-refractivity contribution in [1.82, 2.24) is 4.90 Å². The van der Waals surface area contributed by atoms with E-state index < -0.39 is 29.4 Å². The average Bonchev–Trinajstić information content (AvgIpc) is 3.39. The number of methoxy groups -OCH3 is 4. The molecule has 9 nitrogen and oxygen atoms in total. The largest absolute Gasteiger partial charge is 0.455 e. The molecule has 13 atom stereocenters. The Morgan fingerprint density at radius 2 is 1.74 bits per heavy atom. The number of hydrogen-bond donors (Lipinski definition) is 1. The monoisotopic (exact) mass is 599 g/mol. The van der Waals surface area contributed by atoms with E-state index in [0.717, 1.165) is 25.9 Å². The normalized spacial score (nSPS) is 49.2. The van der Waals surface area contributed by atoms with E-state index in [9.17, 15) is 9.90 Å². The fourth-order valence-corrected chi connectivity index (χ4v) is 12.3. The maximum Gasteiger partial charge on any atom is 0.338 e. The van der Waals surface area contributed by atoms with Gasteiger partial charge in [0.05, 0.1) is 36.1 Å². The molecule has 6 fully saturated rings. The van der Waals surface area contributed by atoms with Crippen LogP contribution in [0.25, 0.3) is 0 Å². The second kappa shape index (κ2) is 10.5. The molecular formula is C34H49NO8. The molecule has 0 aromatic heterocycles. The van der Waals surface area contributed by atoms with Gasteiger partial charge in [0.2, 0.25) is 0 Å². The number of esters is 1. The van der Waals surface area contributed by atoms with Crippen LogP contribution in [0.2, 0.25) is 0 Å². The summed E-state index contributed by atoms with van der Waals surface area (Å²) < 4.78 is 38.9. The first kappa shape index (κ1) is 30.1. The number of carbonyl (C=O) groups excluding carboxylic acids is 1. The van der Waals surface area contributed by atoms with Crippen LogP contribution in [0, 0.1) is 34.5 Å². The molecule has 7 rings (SSSR count). The van der Waals surface area contributed by atoms with Crippen LogP contribution in [0.5, 0.6) is 0 Å². The van der Waals surface area contributed by atoms with Crippen molar-refractivity contribution >= 4 is 5.97 Å². The Balaban J connectivity index is 1.47. The van der Waals surface area contributed by atoms with E-state index in [1.54, 1.807) is 19.2 Å². The molecule has 5 saturated carbocycles. The van der Waals surface area contributed by atoms with Gasteiger partial charge in [-0.15, -0.1) is 0 Å². The van der Waals surface area contributed by atoms with Crippen molar-refractivity contribution in [2.75, 3.05) is 54.7 Å². The van der Waals surface area contributed by atoms with Crippen LogP contribution in [-0.4, -0.2) is 112 Å². The van der Waals surface area contributed by atoms with Gasteiger partial charge in [0.25, 0.3) is 0 Å². The second-order valence-electron chi connectivity index (χ2n) is 14.1. The van der Waals surface area contributed by atoms with Crippen molar-refractivity contribution < 1.29 is 38.3 Å². The lowest BCUT2D eigenvalue weighted by Gasteiger charge is -2.69. The van der Waals surface area contributed by atoms with Crippen LogP contribution in [0.3, 0.4) is 0 Å². The molecule has 5 aliphatic carbocycles. The zero-order valence-electron chi connectivity index (χ0n) is 26.5. The topological polar surface area (TPSA) is 95.9 Å². The molecule has 6 aliphatic rings. The molecule has 238 valence electrons. The summed E-state index contributed by atoms with van der Waals surface area (Å²) in [6, 6.07) is 9.19. The van der Waals surface area contributed by atoms with Crippen LogP contribution in [0.1, 0.15) is 49.9 Å². The van der Waals surface area contributed by atoms with Crippen LogP contribution in [-0.2, 0) is 28.4 Å². The van der Waals surface area contributed by atoms with Gasteiger partial charge < -0.3 is 33.5 Å². The Labute approximate surface area is 255 Å². The Morgan fingerprint density at radius 3 is 2.37 bits per heavy atom. The second-order valence-corrected chi connectivity index (χ2v) is 14.1. The van der Waals surface area contributed by atoms with Gasteiger partial charge in [0.15, 0.2) is 0 Å². The van der Waals surface area contributed by atoms with E-state index in [-0.39, 0.29) is 52.8 Å². The summed E-state index contributed by atoms with van der Waals surface area (Å²) in [4.78, 5) is 16.4. The van der Waals surface area contributed by atoms with Crippen molar-refractivity contribution in [3.05, 3.63) is 35.9 Å². The predicted octanol–water partition coefficient (Wildman–Crippen LogP) is 3.18. The molecule has 1 saturated heterocycles. The highest BCUT2D eigenvalue weighted by Crippen LogP contribution is 2.80. The fraction of sp³-hybridized carbons (Fsp3) is 0.794. The van der Waals surface area contributed by atoms with E-state index in [1.807, 2.05) is 46.5 Å². The quantitative estimate of drug-likeness (QED) is 0.407. The predicted molar refractivity (Wildman–Crippen MR) is 158 cm³/mol. The maximum atomic E-state index is 13.7. The lowest BCUT2D eigenvalue weighted by atomic mass is 9.43. The Morgan fingerprint density at radius 1 is 1.00 bits per heavy atom. The molecule has 1 aromatic rings. The number of piperidine rings is 1. The first-order valence-corrected chi connectivity index (χ1v) is 16.2. The summed E-state index contributed by atoms with van der Waals surface area (Å²) in [5, 5.41) is 12.8. The van der Waals surface area contributed by atoms with Crippen molar-refractivity contribution in [1.29, 1.82) is 0 Å². The number of aliphatic hydroxyl groups is 1. The van der Waals surface area contributed by atoms with Crippen LogP contribution < -0.4 is 0 Å². The first-order chi connectivity index (χ1) is 20.8. The molecule has 0 radical (unpaired) electrons. The number of fused-ring (bicyclic) bond motifs is 2. The number of hydrogen-bond acceptors (Lipinski definition) is 9. The van der Waals surface area contributed by atoms with Crippen molar-refractivity contribution in [2.45, 2.75) is 81.2 Å². The van der Waals surface area contributed by atoms with Crippen LogP contribution in [0.15, 0.2) is 30.3 Å². The zero-order valence-corrected chi connectivity index (χ0v) is 26.5. The third-order valence-corrected chi connectivity index (χ3v) is 13.1. The highest BCUT2D eigenvalue weighted by atomic mass is 16.6.